The van der Waals surface area contributed by atoms with Crippen molar-refractivity contribution in [3.8, 4) is 0 Å². The van der Waals surface area contributed by atoms with E-state index in [1.165, 1.54) is 25.7 Å². The lowest BCUT2D eigenvalue weighted by molar-refractivity contribution is 0.461. The van der Waals surface area contributed by atoms with E-state index in [0.717, 1.165) is 12.8 Å². The number of rotatable bonds is 4. The summed E-state index contributed by atoms with van der Waals surface area (Å²) in [7, 11) is 0. The van der Waals surface area contributed by atoms with E-state index in [4.69, 9.17) is 0 Å². The van der Waals surface area contributed by atoms with Crippen molar-refractivity contribution in [2.45, 2.75) is 58.3 Å². The molecule has 0 aromatic heterocycles. The van der Waals surface area contributed by atoms with E-state index in [-0.39, 0.29) is 5.92 Å². The highest BCUT2D eigenvalue weighted by Gasteiger charge is 2.28. The van der Waals surface area contributed by atoms with Gasteiger partial charge in [-0.3, -0.25) is 0 Å². The molecule has 0 N–H and O–H groups in total. The number of aryl methyl sites for hydroxylation is 1. The normalized spacial score (nSPS) is 23.6. The Morgan fingerprint density at radius 3 is 2.67 bits per heavy atom. The first-order valence-electron chi connectivity index (χ1n) is 7.08. The molecule has 0 aliphatic heterocycles. The topological polar surface area (TPSA) is 0 Å². The van der Waals surface area contributed by atoms with Gasteiger partial charge in [0.2, 0.25) is 0 Å². The fraction of sp³-hybridized carbons (Fsp3) is 0.625. The summed E-state index contributed by atoms with van der Waals surface area (Å²) in [6.45, 7) is 3.81. The monoisotopic (exact) mass is 252 g/mol. The molecular formula is C16H22F2. The first-order chi connectivity index (χ1) is 8.63. The van der Waals surface area contributed by atoms with Crippen LogP contribution in [0.25, 0.3) is 0 Å². The maximum atomic E-state index is 13.9. The quantitative estimate of drug-likeness (QED) is 0.678. The molecule has 2 rings (SSSR count). The molecule has 2 atom stereocenters. The third-order valence-corrected chi connectivity index (χ3v) is 4.25. The molecule has 1 aromatic rings. The maximum absolute atomic E-state index is 13.9. The Morgan fingerprint density at radius 2 is 1.94 bits per heavy atom. The van der Waals surface area contributed by atoms with Crippen molar-refractivity contribution in [2.75, 3.05) is 0 Å². The second-order valence-electron chi connectivity index (χ2n) is 5.62. The van der Waals surface area contributed by atoms with E-state index in [9.17, 15) is 8.78 Å². The molecule has 0 spiro atoms. The van der Waals surface area contributed by atoms with Gasteiger partial charge in [-0.15, -0.1) is 0 Å². The van der Waals surface area contributed by atoms with Gasteiger partial charge in [0.05, 0.1) is 0 Å². The van der Waals surface area contributed by atoms with E-state index < -0.39 is 11.6 Å². The summed E-state index contributed by atoms with van der Waals surface area (Å²) in [6, 6.07) is 3.48. The molecule has 2 unspecified atom stereocenters. The summed E-state index contributed by atoms with van der Waals surface area (Å²) >= 11 is 0. The Hall–Kier alpha value is -0.920. The van der Waals surface area contributed by atoms with E-state index in [1.807, 2.05) is 0 Å². The summed E-state index contributed by atoms with van der Waals surface area (Å²) in [6.07, 6.45) is 6.91. The van der Waals surface area contributed by atoms with Gasteiger partial charge in [-0.2, -0.15) is 0 Å². The van der Waals surface area contributed by atoms with Crippen molar-refractivity contribution >= 4 is 0 Å². The standard InChI is InChI=1S/C16H22F2/c1-3-4-5-12-7-8-13(10-12)14-9-6-11(2)15(17)16(14)18/h6,9,12-13H,3-5,7-8,10H2,1-2H3. The van der Waals surface area contributed by atoms with Crippen molar-refractivity contribution in [1.29, 1.82) is 0 Å². The van der Waals surface area contributed by atoms with Crippen molar-refractivity contribution in [2.24, 2.45) is 5.92 Å². The van der Waals surface area contributed by atoms with Crippen LogP contribution in [-0.2, 0) is 0 Å². The van der Waals surface area contributed by atoms with Gasteiger partial charge in [0.25, 0.3) is 0 Å². The predicted molar refractivity (Wildman–Crippen MR) is 70.7 cm³/mol. The highest BCUT2D eigenvalue weighted by atomic mass is 19.2. The Balaban J connectivity index is 2.07. The molecule has 1 fully saturated rings. The van der Waals surface area contributed by atoms with Crippen molar-refractivity contribution in [3.63, 3.8) is 0 Å². The molecule has 1 saturated carbocycles. The first-order valence-corrected chi connectivity index (χ1v) is 7.08. The van der Waals surface area contributed by atoms with Crippen LogP contribution in [0.4, 0.5) is 8.78 Å². The van der Waals surface area contributed by atoms with Gasteiger partial charge in [-0.05, 0) is 49.1 Å². The van der Waals surface area contributed by atoms with Gasteiger partial charge < -0.3 is 0 Å². The third-order valence-electron chi connectivity index (χ3n) is 4.25. The van der Waals surface area contributed by atoms with Gasteiger partial charge >= 0.3 is 0 Å². The van der Waals surface area contributed by atoms with Crippen LogP contribution in [0, 0.1) is 24.5 Å². The molecule has 0 saturated heterocycles. The largest absolute Gasteiger partial charge is 0.203 e. The Kier molecular flexibility index (Phi) is 4.36. The fourth-order valence-electron chi connectivity index (χ4n) is 3.09. The van der Waals surface area contributed by atoms with Gasteiger partial charge in [0, 0.05) is 0 Å². The van der Waals surface area contributed by atoms with Crippen LogP contribution in [0.15, 0.2) is 12.1 Å². The summed E-state index contributed by atoms with van der Waals surface area (Å²) in [5.74, 6) is -0.346. The summed E-state index contributed by atoms with van der Waals surface area (Å²) in [4.78, 5) is 0. The van der Waals surface area contributed by atoms with Crippen LogP contribution in [0.1, 0.15) is 62.5 Å². The minimum Gasteiger partial charge on any atom is -0.203 e. The second kappa shape index (κ2) is 5.81. The van der Waals surface area contributed by atoms with E-state index >= 15 is 0 Å². The van der Waals surface area contributed by atoms with Crippen LogP contribution in [0.3, 0.4) is 0 Å². The van der Waals surface area contributed by atoms with Gasteiger partial charge in [0.1, 0.15) is 0 Å². The number of halogens is 2. The average Bonchev–Trinajstić information content (AvgIpc) is 2.82. The molecule has 0 amide bonds. The molecule has 100 valence electrons. The molecule has 1 aliphatic carbocycles. The highest BCUT2D eigenvalue weighted by Crippen LogP contribution is 2.41. The second-order valence-corrected chi connectivity index (χ2v) is 5.62. The SMILES string of the molecule is CCCCC1CCC(c2ccc(C)c(F)c2F)C1. The molecule has 0 heterocycles. The van der Waals surface area contributed by atoms with Crippen molar-refractivity contribution < 1.29 is 8.78 Å². The fourth-order valence-corrected chi connectivity index (χ4v) is 3.09. The predicted octanol–water partition coefficient (Wildman–Crippen LogP) is 5.35. The van der Waals surface area contributed by atoms with Crippen LogP contribution in [0.2, 0.25) is 0 Å². The van der Waals surface area contributed by atoms with E-state index in [1.54, 1.807) is 19.1 Å². The summed E-state index contributed by atoms with van der Waals surface area (Å²) in [5.41, 5.74) is 0.994. The molecule has 0 bridgehead atoms. The zero-order chi connectivity index (χ0) is 13.1. The van der Waals surface area contributed by atoms with Gasteiger partial charge in [-0.1, -0.05) is 38.3 Å². The van der Waals surface area contributed by atoms with E-state index in [0.29, 0.717) is 17.0 Å². The van der Waals surface area contributed by atoms with Gasteiger partial charge in [-0.25, -0.2) is 8.78 Å². The van der Waals surface area contributed by atoms with Crippen LogP contribution >= 0.6 is 0 Å². The molecule has 0 nitrogen and oxygen atoms in total. The lowest BCUT2D eigenvalue weighted by Gasteiger charge is -2.13. The molecular weight excluding hydrogens is 230 g/mol. The molecule has 2 heteroatoms. The molecule has 1 aromatic carbocycles. The Labute approximate surface area is 108 Å². The number of hydrogen-bond donors (Lipinski definition) is 0. The maximum Gasteiger partial charge on any atom is 0.162 e. The summed E-state index contributed by atoms with van der Waals surface area (Å²) in [5, 5.41) is 0. The third kappa shape index (κ3) is 2.73. The van der Waals surface area contributed by atoms with Gasteiger partial charge in [0.15, 0.2) is 11.6 Å². The lowest BCUT2D eigenvalue weighted by Crippen LogP contribution is -2.02. The summed E-state index contributed by atoms with van der Waals surface area (Å²) < 4.78 is 27.5. The van der Waals surface area contributed by atoms with Crippen LogP contribution in [-0.4, -0.2) is 0 Å². The van der Waals surface area contributed by atoms with E-state index in [2.05, 4.69) is 6.92 Å². The van der Waals surface area contributed by atoms with Crippen molar-refractivity contribution in [1.82, 2.24) is 0 Å². The zero-order valence-corrected chi connectivity index (χ0v) is 11.3. The molecule has 0 radical (unpaired) electrons. The minimum atomic E-state index is -0.662. The smallest absolute Gasteiger partial charge is 0.162 e. The number of benzene rings is 1. The first kappa shape index (κ1) is 13.5. The van der Waals surface area contributed by atoms with Crippen molar-refractivity contribution in [3.05, 3.63) is 34.9 Å². The Bertz CT molecular complexity index is 412. The zero-order valence-electron chi connectivity index (χ0n) is 11.3. The average molecular weight is 252 g/mol. The molecule has 18 heavy (non-hydrogen) atoms. The van der Waals surface area contributed by atoms with Crippen LogP contribution < -0.4 is 0 Å². The minimum absolute atomic E-state index is 0.224. The van der Waals surface area contributed by atoms with Crippen LogP contribution in [0.5, 0.6) is 0 Å². The Morgan fingerprint density at radius 1 is 1.17 bits per heavy atom. The lowest BCUT2D eigenvalue weighted by atomic mass is 9.93. The molecule has 1 aliphatic rings. The number of hydrogen-bond acceptors (Lipinski definition) is 0. The number of unbranched alkanes of at least 4 members (excludes halogenated alkanes) is 1. The highest BCUT2D eigenvalue weighted by molar-refractivity contribution is 5.28.